The Balaban J connectivity index is 2.28. The predicted octanol–water partition coefficient (Wildman–Crippen LogP) is 2.73. The van der Waals surface area contributed by atoms with Crippen LogP contribution in [0.15, 0.2) is 12.1 Å². The van der Waals surface area contributed by atoms with E-state index in [1.165, 1.54) is 37.8 Å². The van der Waals surface area contributed by atoms with Gasteiger partial charge in [0.1, 0.15) is 5.82 Å². The summed E-state index contributed by atoms with van der Waals surface area (Å²) in [6.45, 7) is 0. The highest BCUT2D eigenvalue weighted by atomic mass is 16.6. The Bertz CT molecular complexity index is 456. The van der Waals surface area contributed by atoms with Crippen molar-refractivity contribution < 1.29 is 4.92 Å². The third-order valence-electron chi connectivity index (χ3n) is 3.78. The van der Waals surface area contributed by atoms with Crippen molar-refractivity contribution in [3.05, 3.63) is 22.2 Å². The monoisotopic (exact) mass is 264 g/mol. The first kappa shape index (κ1) is 13.6. The molecule has 2 rings (SSSR count). The fourth-order valence-corrected chi connectivity index (χ4v) is 2.68. The summed E-state index contributed by atoms with van der Waals surface area (Å²) in [5, 5.41) is 11.1. The number of nitrogens with zero attached hydrogens (tertiary/aromatic N) is 3. The molecule has 1 aromatic heterocycles. The number of pyridine rings is 1. The average molecular weight is 264 g/mol. The highest BCUT2D eigenvalue weighted by Crippen LogP contribution is 2.31. The molecule has 6 nitrogen and oxygen atoms in total. The van der Waals surface area contributed by atoms with Crippen LogP contribution in [0, 0.1) is 10.1 Å². The van der Waals surface area contributed by atoms with Crippen molar-refractivity contribution in [2.24, 2.45) is 0 Å². The van der Waals surface area contributed by atoms with E-state index < -0.39 is 4.92 Å². The van der Waals surface area contributed by atoms with E-state index in [1.807, 2.05) is 11.9 Å². The zero-order valence-corrected chi connectivity index (χ0v) is 11.2. The third kappa shape index (κ3) is 3.13. The molecule has 1 aliphatic carbocycles. The Morgan fingerprint density at radius 2 is 1.95 bits per heavy atom. The van der Waals surface area contributed by atoms with Crippen LogP contribution in [-0.2, 0) is 0 Å². The van der Waals surface area contributed by atoms with Gasteiger partial charge in [0.05, 0.1) is 4.92 Å². The highest BCUT2D eigenvalue weighted by Gasteiger charge is 2.25. The van der Waals surface area contributed by atoms with E-state index in [0.29, 0.717) is 17.7 Å². The number of nitrogen functional groups attached to an aromatic ring is 1. The fourth-order valence-electron chi connectivity index (χ4n) is 2.68. The number of hydrogen-bond donors (Lipinski definition) is 1. The molecule has 0 radical (unpaired) electrons. The van der Waals surface area contributed by atoms with Crippen molar-refractivity contribution in [3.63, 3.8) is 0 Å². The Morgan fingerprint density at radius 1 is 1.32 bits per heavy atom. The van der Waals surface area contributed by atoms with Crippen LogP contribution in [0.2, 0.25) is 0 Å². The van der Waals surface area contributed by atoms with Gasteiger partial charge in [-0.1, -0.05) is 25.7 Å². The van der Waals surface area contributed by atoms with Gasteiger partial charge in [-0.3, -0.25) is 10.1 Å². The largest absolute Gasteiger partial charge is 0.384 e. The first-order valence-corrected chi connectivity index (χ1v) is 6.73. The molecule has 104 valence electrons. The van der Waals surface area contributed by atoms with Crippen molar-refractivity contribution in [2.75, 3.05) is 17.7 Å². The van der Waals surface area contributed by atoms with Crippen LogP contribution < -0.4 is 10.6 Å². The van der Waals surface area contributed by atoms with Gasteiger partial charge in [0.15, 0.2) is 0 Å². The van der Waals surface area contributed by atoms with E-state index in [4.69, 9.17) is 5.73 Å². The lowest BCUT2D eigenvalue weighted by Crippen LogP contribution is -2.32. The van der Waals surface area contributed by atoms with E-state index >= 15 is 0 Å². The Kier molecular flexibility index (Phi) is 4.19. The standard InChI is InChI=1S/C13H20N4O2/c1-16(10-6-4-2-3-5-7-10)13-11(17(18)19)8-9-12(14)15-13/h8-10H,2-7H2,1H3,(H2,14,15). The molecule has 2 N–H and O–H groups in total. The summed E-state index contributed by atoms with van der Waals surface area (Å²) >= 11 is 0. The lowest BCUT2D eigenvalue weighted by atomic mass is 10.1. The van der Waals surface area contributed by atoms with Gasteiger partial charge in [0, 0.05) is 19.2 Å². The minimum Gasteiger partial charge on any atom is -0.384 e. The first-order valence-electron chi connectivity index (χ1n) is 6.73. The molecule has 0 unspecified atom stereocenters. The molecular weight excluding hydrogens is 244 g/mol. The lowest BCUT2D eigenvalue weighted by molar-refractivity contribution is -0.384. The molecule has 0 spiro atoms. The summed E-state index contributed by atoms with van der Waals surface area (Å²) in [5.41, 5.74) is 5.69. The molecule has 0 atom stereocenters. The van der Waals surface area contributed by atoms with Crippen LogP contribution in [0.3, 0.4) is 0 Å². The van der Waals surface area contributed by atoms with E-state index in [1.54, 1.807) is 0 Å². The molecule has 0 amide bonds. The maximum atomic E-state index is 11.1. The topological polar surface area (TPSA) is 85.3 Å². The van der Waals surface area contributed by atoms with Crippen LogP contribution in [0.1, 0.15) is 38.5 Å². The van der Waals surface area contributed by atoms with Crippen LogP contribution >= 0.6 is 0 Å². The average Bonchev–Trinajstić information content (AvgIpc) is 2.66. The molecule has 0 saturated heterocycles. The van der Waals surface area contributed by atoms with Crippen LogP contribution in [-0.4, -0.2) is 23.0 Å². The zero-order chi connectivity index (χ0) is 13.8. The van der Waals surface area contributed by atoms with Gasteiger partial charge < -0.3 is 10.6 Å². The van der Waals surface area contributed by atoms with Crippen molar-refractivity contribution in [3.8, 4) is 0 Å². The Hall–Kier alpha value is -1.85. The quantitative estimate of drug-likeness (QED) is 0.515. The van der Waals surface area contributed by atoms with Gasteiger partial charge in [-0.2, -0.15) is 0 Å². The minimum atomic E-state index is -0.394. The van der Waals surface area contributed by atoms with Gasteiger partial charge in [0.25, 0.3) is 0 Å². The first-order chi connectivity index (χ1) is 9.09. The second-order valence-electron chi connectivity index (χ2n) is 5.09. The number of rotatable bonds is 3. The van der Waals surface area contributed by atoms with Crippen LogP contribution in [0.5, 0.6) is 0 Å². The molecule has 1 fully saturated rings. The summed E-state index contributed by atoms with van der Waals surface area (Å²) in [6.07, 6.45) is 6.96. The summed E-state index contributed by atoms with van der Waals surface area (Å²) in [7, 11) is 1.88. The number of nitrogens with two attached hydrogens (primary N) is 1. The van der Waals surface area contributed by atoms with Gasteiger partial charge in [-0.05, 0) is 18.9 Å². The molecule has 1 aliphatic rings. The van der Waals surface area contributed by atoms with E-state index in [-0.39, 0.29) is 5.69 Å². The molecule has 19 heavy (non-hydrogen) atoms. The molecule has 1 aromatic rings. The summed E-state index contributed by atoms with van der Waals surface area (Å²) in [4.78, 5) is 16.8. The predicted molar refractivity (Wildman–Crippen MR) is 75.2 cm³/mol. The van der Waals surface area contributed by atoms with Gasteiger partial charge in [-0.25, -0.2) is 4.98 Å². The molecule has 0 aromatic carbocycles. The smallest absolute Gasteiger partial charge is 0.311 e. The van der Waals surface area contributed by atoms with E-state index in [9.17, 15) is 10.1 Å². The van der Waals surface area contributed by atoms with Crippen molar-refractivity contribution in [1.29, 1.82) is 0 Å². The molecule has 1 heterocycles. The maximum Gasteiger partial charge on any atom is 0.311 e. The Labute approximate surface area is 112 Å². The number of anilines is 2. The summed E-state index contributed by atoms with van der Waals surface area (Å²) < 4.78 is 0. The second kappa shape index (κ2) is 5.86. The van der Waals surface area contributed by atoms with Crippen molar-refractivity contribution in [2.45, 2.75) is 44.6 Å². The SMILES string of the molecule is CN(c1nc(N)ccc1[N+](=O)[O-])C1CCCCCC1. The highest BCUT2D eigenvalue weighted by molar-refractivity contribution is 5.61. The Morgan fingerprint density at radius 3 is 2.53 bits per heavy atom. The van der Waals surface area contributed by atoms with Gasteiger partial charge in [-0.15, -0.1) is 0 Å². The number of hydrogen-bond acceptors (Lipinski definition) is 5. The number of nitro groups is 1. The zero-order valence-electron chi connectivity index (χ0n) is 11.2. The molecule has 6 heteroatoms. The summed E-state index contributed by atoms with van der Waals surface area (Å²) in [6, 6.07) is 3.23. The molecule has 0 bridgehead atoms. The summed E-state index contributed by atoms with van der Waals surface area (Å²) in [5.74, 6) is 0.706. The van der Waals surface area contributed by atoms with E-state index in [0.717, 1.165) is 12.8 Å². The second-order valence-corrected chi connectivity index (χ2v) is 5.09. The van der Waals surface area contributed by atoms with Gasteiger partial charge in [0.2, 0.25) is 5.82 Å². The normalized spacial score (nSPS) is 16.9. The molecule has 0 aliphatic heterocycles. The number of aromatic nitrogens is 1. The van der Waals surface area contributed by atoms with E-state index in [2.05, 4.69) is 4.98 Å². The maximum absolute atomic E-state index is 11.1. The van der Waals surface area contributed by atoms with Gasteiger partial charge >= 0.3 is 5.69 Å². The third-order valence-corrected chi connectivity index (χ3v) is 3.78. The van der Waals surface area contributed by atoms with Crippen molar-refractivity contribution in [1.82, 2.24) is 4.98 Å². The lowest BCUT2D eigenvalue weighted by Gasteiger charge is -2.27. The van der Waals surface area contributed by atoms with Crippen LogP contribution in [0.4, 0.5) is 17.3 Å². The van der Waals surface area contributed by atoms with Crippen molar-refractivity contribution >= 4 is 17.3 Å². The molecule has 1 saturated carbocycles. The molecular formula is C13H20N4O2. The fraction of sp³-hybridized carbons (Fsp3) is 0.615. The minimum absolute atomic E-state index is 0.0287. The van der Waals surface area contributed by atoms with Crippen LogP contribution in [0.25, 0.3) is 0 Å².